The maximum atomic E-state index is 11.8. The maximum Gasteiger partial charge on any atom is 0.314 e. The molecule has 0 aliphatic carbocycles. The van der Waals surface area contributed by atoms with Gasteiger partial charge in [-0.25, -0.2) is 0 Å². The number of hydrogen-bond acceptors (Lipinski definition) is 4. The molecule has 2 amide bonds. The minimum absolute atomic E-state index is 0.0728. The molecule has 0 aliphatic rings. The number of rotatable bonds is 3. The number of amides is 2. The molecule has 118 valence electrons. The van der Waals surface area contributed by atoms with E-state index in [9.17, 15) is 19.7 Å². The molecule has 0 spiro atoms. The monoisotopic (exact) mass is 353 g/mol. The van der Waals surface area contributed by atoms with Crippen molar-refractivity contribution in [1.29, 1.82) is 0 Å². The molecule has 0 fully saturated rings. The van der Waals surface area contributed by atoms with Gasteiger partial charge in [-0.3, -0.25) is 19.7 Å². The van der Waals surface area contributed by atoms with Crippen LogP contribution in [0.25, 0.3) is 0 Å². The van der Waals surface area contributed by atoms with Gasteiger partial charge >= 0.3 is 11.8 Å². The lowest BCUT2D eigenvalue weighted by Crippen LogP contribution is -2.29. The number of halogens is 2. The highest BCUT2D eigenvalue weighted by atomic mass is 35.5. The molecule has 0 unspecified atom stereocenters. The molecule has 7 nitrogen and oxygen atoms in total. The van der Waals surface area contributed by atoms with Crippen LogP contribution in [0.1, 0.15) is 0 Å². The number of anilines is 2. The number of nitrogens with zero attached hydrogens (tertiary/aromatic N) is 1. The second-order valence-corrected chi connectivity index (χ2v) is 5.19. The summed E-state index contributed by atoms with van der Waals surface area (Å²) < 4.78 is 0. The topological polar surface area (TPSA) is 101 Å². The fourth-order valence-corrected chi connectivity index (χ4v) is 2.05. The van der Waals surface area contributed by atoms with E-state index in [0.717, 1.165) is 6.07 Å². The summed E-state index contributed by atoms with van der Waals surface area (Å²) in [5.41, 5.74) is 0.0480. The zero-order valence-electron chi connectivity index (χ0n) is 11.4. The lowest BCUT2D eigenvalue weighted by Gasteiger charge is -2.07. The third-order valence-electron chi connectivity index (χ3n) is 2.69. The Morgan fingerprint density at radius 1 is 0.957 bits per heavy atom. The summed E-state index contributed by atoms with van der Waals surface area (Å²) in [6.07, 6.45) is 0. The first kappa shape index (κ1) is 16.7. The van der Waals surface area contributed by atoms with Crippen LogP contribution in [0.3, 0.4) is 0 Å². The zero-order valence-corrected chi connectivity index (χ0v) is 12.9. The van der Waals surface area contributed by atoms with Gasteiger partial charge in [-0.1, -0.05) is 29.3 Å². The van der Waals surface area contributed by atoms with E-state index in [2.05, 4.69) is 10.6 Å². The summed E-state index contributed by atoms with van der Waals surface area (Å²) in [6.45, 7) is 0. The average Bonchev–Trinajstić information content (AvgIpc) is 2.48. The summed E-state index contributed by atoms with van der Waals surface area (Å²) >= 11 is 11.4. The Labute approximate surface area is 140 Å². The molecule has 0 radical (unpaired) electrons. The van der Waals surface area contributed by atoms with Crippen LogP contribution < -0.4 is 10.6 Å². The second-order valence-electron chi connectivity index (χ2n) is 4.34. The van der Waals surface area contributed by atoms with Gasteiger partial charge in [0.25, 0.3) is 5.69 Å². The lowest BCUT2D eigenvalue weighted by atomic mass is 10.2. The standard InChI is InChI=1S/C14H9Cl2N3O4/c15-8-2-1-3-9(6-8)17-13(20)14(21)18-10-4-5-11(16)12(7-10)19(22)23/h1-7H,(H,17,20)(H,18,21). The van der Waals surface area contributed by atoms with E-state index in [1.165, 1.54) is 18.2 Å². The van der Waals surface area contributed by atoms with Crippen LogP contribution in [0, 0.1) is 10.1 Å². The summed E-state index contributed by atoms with van der Waals surface area (Å²) in [4.78, 5) is 33.7. The van der Waals surface area contributed by atoms with Crippen molar-refractivity contribution in [3.8, 4) is 0 Å². The summed E-state index contributed by atoms with van der Waals surface area (Å²) in [5.74, 6) is -1.92. The van der Waals surface area contributed by atoms with Gasteiger partial charge in [0.15, 0.2) is 0 Å². The van der Waals surface area contributed by atoms with Crippen molar-refractivity contribution in [1.82, 2.24) is 0 Å². The van der Waals surface area contributed by atoms with Gasteiger partial charge < -0.3 is 10.6 Å². The third-order valence-corrected chi connectivity index (χ3v) is 3.24. The molecule has 2 rings (SSSR count). The van der Waals surface area contributed by atoms with Gasteiger partial charge in [-0.2, -0.15) is 0 Å². The summed E-state index contributed by atoms with van der Waals surface area (Å²) in [6, 6.07) is 9.92. The van der Waals surface area contributed by atoms with E-state index in [0.29, 0.717) is 10.7 Å². The van der Waals surface area contributed by atoms with Crippen LogP contribution >= 0.6 is 23.2 Å². The van der Waals surface area contributed by atoms with E-state index in [-0.39, 0.29) is 16.4 Å². The highest BCUT2D eigenvalue weighted by Gasteiger charge is 2.17. The summed E-state index contributed by atoms with van der Waals surface area (Å²) in [7, 11) is 0. The molecule has 2 aromatic rings. The predicted molar refractivity (Wildman–Crippen MR) is 86.8 cm³/mol. The molecule has 0 aromatic heterocycles. The molecule has 9 heteroatoms. The van der Waals surface area contributed by atoms with Crippen molar-refractivity contribution in [2.24, 2.45) is 0 Å². The molecular formula is C14H9Cl2N3O4. The van der Waals surface area contributed by atoms with Crippen molar-refractivity contribution >= 4 is 52.1 Å². The van der Waals surface area contributed by atoms with Crippen molar-refractivity contribution in [3.63, 3.8) is 0 Å². The Hall–Kier alpha value is -2.64. The zero-order chi connectivity index (χ0) is 17.0. The maximum absolute atomic E-state index is 11.8. The Morgan fingerprint density at radius 3 is 2.13 bits per heavy atom. The lowest BCUT2D eigenvalue weighted by molar-refractivity contribution is -0.384. The first-order chi connectivity index (χ1) is 10.9. The Morgan fingerprint density at radius 2 is 1.57 bits per heavy atom. The van der Waals surface area contributed by atoms with E-state index in [4.69, 9.17) is 23.2 Å². The fourth-order valence-electron chi connectivity index (χ4n) is 1.67. The molecule has 0 bridgehead atoms. The van der Waals surface area contributed by atoms with Gasteiger partial charge in [0, 0.05) is 22.5 Å². The number of hydrogen-bond donors (Lipinski definition) is 2. The van der Waals surface area contributed by atoms with Crippen LogP contribution in [0.2, 0.25) is 10.0 Å². The number of benzene rings is 2. The van der Waals surface area contributed by atoms with Crippen LogP contribution in [0.4, 0.5) is 17.1 Å². The van der Waals surface area contributed by atoms with Gasteiger partial charge in [0.1, 0.15) is 5.02 Å². The Kier molecular flexibility index (Phi) is 5.15. The van der Waals surface area contributed by atoms with Crippen LogP contribution in [0.15, 0.2) is 42.5 Å². The third kappa shape index (κ3) is 4.41. The predicted octanol–water partition coefficient (Wildman–Crippen LogP) is 3.48. The van der Waals surface area contributed by atoms with Gasteiger partial charge in [0.05, 0.1) is 4.92 Å². The molecular weight excluding hydrogens is 345 g/mol. The van der Waals surface area contributed by atoms with E-state index in [1.807, 2.05) is 0 Å². The van der Waals surface area contributed by atoms with Crippen LogP contribution in [-0.4, -0.2) is 16.7 Å². The molecule has 0 aliphatic heterocycles. The summed E-state index contributed by atoms with van der Waals surface area (Å²) in [5, 5.41) is 15.7. The molecule has 23 heavy (non-hydrogen) atoms. The molecule has 0 saturated heterocycles. The number of carbonyl (C=O) groups excluding carboxylic acids is 2. The number of carbonyl (C=O) groups is 2. The molecule has 0 heterocycles. The van der Waals surface area contributed by atoms with E-state index < -0.39 is 16.7 Å². The smallest absolute Gasteiger partial charge is 0.314 e. The minimum Gasteiger partial charge on any atom is -0.318 e. The first-order valence-corrected chi connectivity index (χ1v) is 6.94. The number of nitro benzene ring substituents is 1. The fraction of sp³-hybridized carbons (Fsp3) is 0. The van der Waals surface area contributed by atoms with Gasteiger partial charge in [-0.05, 0) is 30.3 Å². The normalized spacial score (nSPS) is 10.0. The van der Waals surface area contributed by atoms with Gasteiger partial charge in [-0.15, -0.1) is 0 Å². The molecule has 2 N–H and O–H groups in total. The SMILES string of the molecule is O=C(Nc1cccc(Cl)c1)C(=O)Nc1ccc(Cl)c([N+](=O)[O-])c1. The molecule has 0 saturated carbocycles. The number of nitrogens with one attached hydrogen (secondary N) is 2. The van der Waals surface area contributed by atoms with E-state index >= 15 is 0 Å². The average molecular weight is 354 g/mol. The quantitative estimate of drug-likeness (QED) is 0.500. The van der Waals surface area contributed by atoms with Crippen molar-refractivity contribution in [2.45, 2.75) is 0 Å². The Balaban J connectivity index is 2.08. The van der Waals surface area contributed by atoms with E-state index in [1.54, 1.807) is 18.2 Å². The van der Waals surface area contributed by atoms with Crippen LogP contribution in [0.5, 0.6) is 0 Å². The van der Waals surface area contributed by atoms with Crippen LogP contribution in [-0.2, 0) is 9.59 Å². The Bertz CT molecular complexity index is 795. The highest BCUT2D eigenvalue weighted by Crippen LogP contribution is 2.27. The first-order valence-electron chi connectivity index (χ1n) is 6.18. The molecule has 2 aromatic carbocycles. The van der Waals surface area contributed by atoms with Gasteiger partial charge in [0.2, 0.25) is 0 Å². The minimum atomic E-state index is -0.985. The molecule has 0 atom stereocenters. The largest absolute Gasteiger partial charge is 0.318 e. The van der Waals surface area contributed by atoms with Crippen molar-refractivity contribution < 1.29 is 14.5 Å². The van der Waals surface area contributed by atoms with Crippen molar-refractivity contribution in [3.05, 3.63) is 62.6 Å². The van der Waals surface area contributed by atoms with Crippen molar-refractivity contribution in [2.75, 3.05) is 10.6 Å². The highest BCUT2D eigenvalue weighted by molar-refractivity contribution is 6.44. The second kappa shape index (κ2) is 7.08. The number of nitro groups is 1.